The highest BCUT2D eigenvalue weighted by Crippen LogP contribution is 2.39. The normalized spacial score (nSPS) is 24.1. The lowest BCUT2D eigenvalue weighted by atomic mass is 9.88. The van der Waals surface area contributed by atoms with Gasteiger partial charge in [-0.05, 0) is 37.1 Å². The van der Waals surface area contributed by atoms with Crippen molar-refractivity contribution in [3.8, 4) is 0 Å². The molecule has 1 aromatic carbocycles. The highest BCUT2D eigenvalue weighted by Gasteiger charge is 2.42. The molecule has 8 heteroatoms. The van der Waals surface area contributed by atoms with Crippen LogP contribution in [-0.4, -0.2) is 12.7 Å². The molecule has 2 atom stereocenters. The molecule has 2 rings (SSSR count). The third-order valence-corrected chi connectivity index (χ3v) is 3.57. The number of piperidine rings is 1. The van der Waals surface area contributed by atoms with Gasteiger partial charge >= 0.3 is 12.4 Å². The molecule has 0 aliphatic carbocycles. The highest BCUT2D eigenvalue weighted by molar-refractivity contribution is 5.29. The summed E-state index contributed by atoms with van der Waals surface area (Å²) in [6.45, 7) is 0.0808. The molecule has 1 saturated heterocycles. The maximum absolute atomic E-state index is 13.5. The molecule has 1 fully saturated rings. The van der Waals surface area contributed by atoms with Crippen LogP contribution in [-0.2, 0) is 6.18 Å². The molecule has 1 N–H and O–H groups in total. The van der Waals surface area contributed by atoms with Crippen LogP contribution in [0, 0.1) is 11.7 Å². The number of nitrogens with one attached hydrogen (secondary N) is 1. The third-order valence-electron chi connectivity index (χ3n) is 3.57. The quantitative estimate of drug-likeness (QED) is 0.755. The fraction of sp³-hybridized carbons (Fsp3) is 0.538. The second-order valence-corrected chi connectivity index (χ2v) is 5.01. The van der Waals surface area contributed by atoms with Gasteiger partial charge in [0.25, 0.3) is 0 Å². The smallest absolute Gasteiger partial charge is 0.310 e. The van der Waals surface area contributed by atoms with Crippen LogP contribution < -0.4 is 5.32 Å². The summed E-state index contributed by atoms with van der Waals surface area (Å²) in [4.78, 5) is 0. The Balaban J connectivity index is 2.21. The minimum atomic E-state index is -4.82. The van der Waals surface area contributed by atoms with Crippen molar-refractivity contribution in [2.75, 3.05) is 6.54 Å². The van der Waals surface area contributed by atoms with Gasteiger partial charge in [-0.25, -0.2) is 4.39 Å². The van der Waals surface area contributed by atoms with Crippen LogP contribution in [0.2, 0.25) is 0 Å². The Morgan fingerprint density at radius 1 is 1.05 bits per heavy atom. The molecular weight excluding hydrogens is 303 g/mol. The Kier molecular flexibility index (Phi) is 4.19. The van der Waals surface area contributed by atoms with Crippen molar-refractivity contribution >= 4 is 0 Å². The van der Waals surface area contributed by atoms with Gasteiger partial charge in [-0.3, -0.25) is 0 Å². The summed E-state index contributed by atoms with van der Waals surface area (Å²) in [7, 11) is 0. The van der Waals surface area contributed by atoms with Gasteiger partial charge in [-0.15, -0.1) is 0 Å². The molecule has 0 aromatic heterocycles. The number of rotatable bonds is 1. The monoisotopic (exact) mass is 315 g/mol. The van der Waals surface area contributed by atoms with E-state index in [0.29, 0.717) is 12.1 Å². The van der Waals surface area contributed by atoms with Crippen molar-refractivity contribution < 1.29 is 30.7 Å². The summed E-state index contributed by atoms with van der Waals surface area (Å²) in [5, 5.41) is 2.77. The topological polar surface area (TPSA) is 12.0 Å². The van der Waals surface area contributed by atoms with Crippen LogP contribution in [0.5, 0.6) is 0 Å². The van der Waals surface area contributed by atoms with Crippen LogP contribution >= 0.6 is 0 Å². The predicted octanol–water partition coefficient (Wildman–Crippen LogP) is 4.45. The second-order valence-electron chi connectivity index (χ2n) is 5.01. The molecule has 2 unspecified atom stereocenters. The fourth-order valence-corrected chi connectivity index (χ4v) is 2.45. The van der Waals surface area contributed by atoms with Gasteiger partial charge < -0.3 is 5.32 Å². The van der Waals surface area contributed by atoms with E-state index in [1.165, 1.54) is 0 Å². The molecule has 1 aliphatic rings. The van der Waals surface area contributed by atoms with Crippen molar-refractivity contribution in [1.82, 2.24) is 5.32 Å². The molecule has 0 spiro atoms. The molecule has 118 valence electrons. The van der Waals surface area contributed by atoms with Crippen molar-refractivity contribution in [3.63, 3.8) is 0 Å². The average Bonchev–Trinajstić information content (AvgIpc) is 2.36. The van der Waals surface area contributed by atoms with Crippen molar-refractivity contribution in [2.24, 2.45) is 5.92 Å². The zero-order chi connectivity index (χ0) is 15.8. The first-order chi connectivity index (χ1) is 9.59. The standard InChI is InChI=1S/C13H12F7N/c14-10-5-7(1-2-9(10)13(18,19)20)11-6-8(3-4-21-11)12(15,16)17/h1-2,5,8,11,21H,3-4,6H2. The van der Waals surface area contributed by atoms with Crippen molar-refractivity contribution in [3.05, 3.63) is 35.1 Å². The number of benzene rings is 1. The van der Waals surface area contributed by atoms with E-state index in [-0.39, 0.29) is 24.9 Å². The molecule has 1 aromatic rings. The van der Waals surface area contributed by atoms with Crippen molar-refractivity contribution in [2.45, 2.75) is 31.2 Å². The van der Waals surface area contributed by atoms with E-state index in [0.717, 1.165) is 6.07 Å². The van der Waals surface area contributed by atoms with Crippen LogP contribution in [0.15, 0.2) is 18.2 Å². The van der Waals surface area contributed by atoms with Crippen LogP contribution in [0.1, 0.15) is 30.0 Å². The van der Waals surface area contributed by atoms with Gasteiger partial charge in [0.05, 0.1) is 11.5 Å². The minimum Gasteiger partial charge on any atom is -0.310 e. The van der Waals surface area contributed by atoms with E-state index in [2.05, 4.69) is 5.32 Å². The van der Waals surface area contributed by atoms with Gasteiger partial charge in [0.15, 0.2) is 0 Å². The van der Waals surface area contributed by atoms with Gasteiger partial charge in [0.2, 0.25) is 0 Å². The highest BCUT2D eigenvalue weighted by atomic mass is 19.4. The maximum atomic E-state index is 13.5. The molecule has 1 heterocycles. The first-order valence-corrected chi connectivity index (χ1v) is 6.26. The van der Waals surface area contributed by atoms with Crippen LogP contribution in [0.25, 0.3) is 0 Å². The predicted molar refractivity (Wildman–Crippen MR) is 60.9 cm³/mol. The van der Waals surface area contributed by atoms with Gasteiger partial charge in [0, 0.05) is 6.04 Å². The Morgan fingerprint density at radius 3 is 2.24 bits per heavy atom. The first kappa shape index (κ1) is 16.1. The lowest BCUT2D eigenvalue weighted by Gasteiger charge is -2.32. The lowest BCUT2D eigenvalue weighted by molar-refractivity contribution is -0.183. The van der Waals surface area contributed by atoms with E-state index >= 15 is 0 Å². The average molecular weight is 315 g/mol. The van der Waals surface area contributed by atoms with E-state index in [1.807, 2.05) is 0 Å². The Morgan fingerprint density at radius 2 is 1.71 bits per heavy atom. The molecule has 0 amide bonds. The summed E-state index contributed by atoms with van der Waals surface area (Å²) >= 11 is 0. The maximum Gasteiger partial charge on any atom is 0.419 e. The second kappa shape index (κ2) is 5.47. The van der Waals surface area contributed by atoms with Crippen LogP contribution in [0.3, 0.4) is 0 Å². The van der Waals surface area contributed by atoms with E-state index in [4.69, 9.17) is 0 Å². The number of hydrogen-bond acceptors (Lipinski definition) is 1. The number of hydrogen-bond donors (Lipinski definition) is 1. The Hall–Kier alpha value is -1.31. The summed E-state index contributed by atoms with van der Waals surface area (Å²) in [6.07, 6.45) is -9.58. The van der Waals surface area contributed by atoms with Crippen LogP contribution in [0.4, 0.5) is 30.7 Å². The zero-order valence-corrected chi connectivity index (χ0v) is 10.7. The lowest BCUT2D eigenvalue weighted by Crippen LogP contribution is -2.38. The fourth-order valence-electron chi connectivity index (χ4n) is 2.45. The van der Waals surface area contributed by atoms with Gasteiger partial charge in [-0.1, -0.05) is 6.07 Å². The van der Waals surface area contributed by atoms with E-state index in [1.54, 1.807) is 0 Å². The minimum absolute atomic E-state index is 0.0808. The Labute approximate surface area is 116 Å². The Bertz CT molecular complexity index is 506. The summed E-state index contributed by atoms with van der Waals surface area (Å²) < 4.78 is 88.8. The summed E-state index contributed by atoms with van der Waals surface area (Å²) in [5.41, 5.74) is -1.33. The molecule has 1 nitrogen and oxygen atoms in total. The molecule has 1 aliphatic heterocycles. The van der Waals surface area contributed by atoms with Crippen molar-refractivity contribution in [1.29, 1.82) is 0 Å². The number of halogens is 7. The van der Waals surface area contributed by atoms with E-state index in [9.17, 15) is 30.7 Å². The SMILES string of the molecule is Fc1cc(C2CC(C(F)(F)F)CCN2)ccc1C(F)(F)F. The zero-order valence-electron chi connectivity index (χ0n) is 10.7. The van der Waals surface area contributed by atoms with E-state index < -0.39 is 35.7 Å². The first-order valence-electron chi connectivity index (χ1n) is 6.26. The van der Waals surface area contributed by atoms with Gasteiger partial charge in [0.1, 0.15) is 5.82 Å². The largest absolute Gasteiger partial charge is 0.419 e. The molecule has 21 heavy (non-hydrogen) atoms. The summed E-state index contributed by atoms with van der Waals surface area (Å²) in [5.74, 6) is -3.01. The third kappa shape index (κ3) is 3.66. The summed E-state index contributed by atoms with van der Waals surface area (Å²) in [6, 6.07) is 1.42. The van der Waals surface area contributed by atoms with Gasteiger partial charge in [-0.2, -0.15) is 26.3 Å². The molecule has 0 radical (unpaired) electrons. The molecule has 0 bridgehead atoms. The molecular formula is C13H12F7N. The number of alkyl halides is 6. The molecule has 0 saturated carbocycles.